The minimum atomic E-state index is -0.687. The number of methoxy groups -OCH3 is 1. The molecule has 2 heterocycles. The number of rotatable bonds is 2. The molecule has 0 saturated carbocycles. The second kappa shape index (κ2) is 8.54. The summed E-state index contributed by atoms with van der Waals surface area (Å²) in [7, 11) is 1.39. The summed E-state index contributed by atoms with van der Waals surface area (Å²) >= 11 is 8.92. The number of nitrogens with zero attached hydrogens (tertiary/aromatic N) is 1. The summed E-state index contributed by atoms with van der Waals surface area (Å²) in [6.07, 6.45) is 0. The highest BCUT2D eigenvalue weighted by Crippen LogP contribution is 2.58. The zero-order valence-corrected chi connectivity index (χ0v) is 21.0. The summed E-state index contributed by atoms with van der Waals surface area (Å²) in [5, 5.41) is 0. The first-order valence-electron chi connectivity index (χ1n) is 10.1. The molecule has 0 bridgehead atoms. The molecule has 32 heavy (non-hydrogen) atoms. The molecule has 0 saturated heterocycles. The smallest absolute Gasteiger partial charge is 0.345 e. The van der Waals surface area contributed by atoms with Crippen LogP contribution in [0.5, 0.6) is 0 Å². The summed E-state index contributed by atoms with van der Waals surface area (Å²) in [6.45, 7) is 7.52. The van der Waals surface area contributed by atoms with Gasteiger partial charge in [-0.2, -0.15) is 0 Å². The zero-order valence-electron chi connectivity index (χ0n) is 18.5. The monoisotopic (exact) mass is 481 g/mol. The van der Waals surface area contributed by atoms with Crippen molar-refractivity contribution in [1.29, 1.82) is 0 Å². The molecular weight excluding hydrogens is 458 g/mol. The first-order chi connectivity index (χ1) is 15.2. The maximum absolute atomic E-state index is 12.7. The normalized spacial score (nSPS) is 19.8. The molecule has 2 aliphatic heterocycles. The van der Waals surface area contributed by atoms with Gasteiger partial charge in [0.2, 0.25) is 5.91 Å². The Kier molecular flexibility index (Phi) is 6.09. The van der Waals surface area contributed by atoms with Gasteiger partial charge in [0, 0.05) is 23.0 Å². The number of aryl methyl sites for hydroxylation is 1. The predicted molar refractivity (Wildman–Crippen MR) is 138 cm³/mol. The Morgan fingerprint density at radius 2 is 1.75 bits per heavy atom. The molecule has 2 aromatic carbocycles. The molecule has 7 heteroatoms. The van der Waals surface area contributed by atoms with Crippen LogP contribution in [0.3, 0.4) is 0 Å². The molecule has 4 rings (SSSR count). The third-order valence-corrected chi connectivity index (χ3v) is 8.86. The van der Waals surface area contributed by atoms with Crippen molar-refractivity contribution in [3.63, 3.8) is 0 Å². The minimum absolute atomic E-state index is 0.0587. The summed E-state index contributed by atoms with van der Waals surface area (Å²) in [5.74, 6) is -0.427. The first-order valence-corrected chi connectivity index (χ1v) is 12.2. The molecule has 0 radical (unpaired) electrons. The van der Waals surface area contributed by atoms with E-state index in [1.165, 1.54) is 30.6 Å². The van der Waals surface area contributed by atoms with Crippen molar-refractivity contribution >= 4 is 68.6 Å². The van der Waals surface area contributed by atoms with Crippen molar-refractivity contribution in [3.8, 4) is 0 Å². The van der Waals surface area contributed by atoms with E-state index in [9.17, 15) is 9.59 Å². The Labute approximate surface area is 202 Å². The maximum atomic E-state index is 12.7. The molecule has 0 unspecified atom stereocenters. The molecule has 0 atom stereocenters. The SMILES string of the molecule is COC(=O)C1=C(c2ccccc2)SC(=C2C(=S)C(C)(C)N(C(C)=O)c3ccc(C)cc32)S1. The number of thiocarbonyl (C=S) groups is 1. The van der Waals surface area contributed by atoms with Gasteiger partial charge < -0.3 is 9.64 Å². The van der Waals surface area contributed by atoms with Crippen LogP contribution in [-0.2, 0) is 14.3 Å². The fourth-order valence-corrected chi connectivity index (χ4v) is 7.20. The van der Waals surface area contributed by atoms with E-state index in [-0.39, 0.29) is 11.9 Å². The Morgan fingerprint density at radius 3 is 2.38 bits per heavy atom. The van der Waals surface area contributed by atoms with E-state index in [1.54, 1.807) is 11.8 Å². The van der Waals surface area contributed by atoms with Crippen LogP contribution in [0.1, 0.15) is 37.5 Å². The molecule has 0 fully saturated rings. The predicted octanol–water partition coefficient (Wildman–Crippen LogP) is 6.20. The number of carbonyl (C=O) groups excluding carboxylic acids is 2. The van der Waals surface area contributed by atoms with E-state index in [4.69, 9.17) is 17.0 Å². The van der Waals surface area contributed by atoms with Crippen LogP contribution < -0.4 is 4.90 Å². The average Bonchev–Trinajstić information content (AvgIpc) is 3.19. The number of amides is 1. The van der Waals surface area contributed by atoms with Gasteiger partial charge in [-0.05, 0) is 38.5 Å². The number of hydrogen-bond acceptors (Lipinski definition) is 6. The molecule has 0 aliphatic carbocycles. The second-order valence-electron chi connectivity index (χ2n) is 8.15. The average molecular weight is 482 g/mol. The Morgan fingerprint density at radius 1 is 1.06 bits per heavy atom. The minimum Gasteiger partial charge on any atom is -0.465 e. The van der Waals surface area contributed by atoms with Gasteiger partial charge in [0.15, 0.2) is 0 Å². The van der Waals surface area contributed by atoms with E-state index in [2.05, 4.69) is 6.07 Å². The summed E-state index contributed by atoms with van der Waals surface area (Å²) in [6, 6.07) is 15.9. The highest BCUT2D eigenvalue weighted by atomic mass is 32.2. The van der Waals surface area contributed by atoms with Gasteiger partial charge in [-0.15, -0.1) is 0 Å². The van der Waals surface area contributed by atoms with Gasteiger partial charge in [0.1, 0.15) is 4.91 Å². The zero-order chi connectivity index (χ0) is 23.2. The van der Waals surface area contributed by atoms with Crippen LogP contribution >= 0.6 is 35.7 Å². The summed E-state index contributed by atoms with van der Waals surface area (Å²) in [4.78, 5) is 29.1. The quantitative estimate of drug-likeness (QED) is 0.289. The lowest BCUT2D eigenvalue weighted by Crippen LogP contribution is -2.55. The van der Waals surface area contributed by atoms with E-state index < -0.39 is 5.54 Å². The Hall–Kier alpha value is -2.35. The van der Waals surface area contributed by atoms with Crippen molar-refractivity contribution in [2.24, 2.45) is 0 Å². The van der Waals surface area contributed by atoms with Gasteiger partial charge in [-0.3, -0.25) is 4.79 Å². The van der Waals surface area contributed by atoms with Crippen LogP contribution in [0.4, 0.5) is 5.69 Å². The van der Waals surface area contributed by atoms with E-state index in [0.29, 0.717) is 9.77 Å². The number of hydrogen-bond donors (Lipinski definition) is 0. The Balaban J connectivity index is 1.94. The fraction of sp³-hybridized carbons (Fsp3) is 0.240. The molecule has 2 aliphatic rings. The molecule has 164 valence electrons. The molecule has 4 nitrogen and oxygen atoms in total. The fourth-order valence-electron chi connectivity index (χ4n) is 4.05. The number of carbonyl (C=O) groups is 2. The van der Waals surface area contributed by atoms with Crippen LogP contribution in [-0.4, -0.2) is 29.4 Å². The van der Waals surface area contributed by atoms with Gasteiger partial charge >= 0.3 is 5.97 Å². The van der Waals surface area contributed by atoms with E-state index in [0.717, 1.165) is 37.1 Å². The first kappa shape index (κ1) is 22.8. The molecule has 2 aromatic rings. The van der Waals surface area contributed by atoms with E-state index in [1.807, 2.05) is 63.2 Å². The lowest BCUT2D eigenvalue weighted by molar-refractivity contribution is -0.135. The molecule has 0 spiro atoms. The largest absolute Gasteiger partial charge is 0.465 e. The topological polar surface area (TPSA) is 46.6 Å². The van der Waals surface area contributed by atoms with Crippen molar-refractivity contribution in [3.05, 3.63) is 74.4 Å². The van der Waals surface area contributed by atoms with Crippen molar-refractivity contribution in [2.75, 3.05) is 12.0 Å². The van der Waals surface area contributed by atoms with Gasteiger partial charge in [-0.25, -0.2) is 4.79 Å². The maximum Gasteiger partial charge on any atom is 0.345 e. The van der Waals surface area contributed by atoms with Crippen molar-refractivity contribution in [1.82, 2.24) is 0 Å². The Bertz CT molecular complexity index is 1210. The number of esters is 1. The van der Waals surface area contributed by atoms with Crippen LogP contribution in [0.2, 0.25) is 0 Å². The third kappa shape index (κ3) is 3.72. The summed E-state index contributed by atoms with van der Waals surface area (Å²) in [5.41, 5.74) is 4.00. The molecule has 0 aromatic heterocycles. The van der Waals surface area contributed by atoms with Gasteiger partial charge in [0.25, 0.3) is 0 Å². The van der Waals surface area contributed by atoms with Crippen LogP contribution in [0, 0.1) is 6.92 Å². The standard InChI is InChI=1S/C25H23NO3S3/c1-14-11-12-18-17(13-14)19(22(30)25(3,4)26(18)15(2)27)24-31-20(16-9-7-6-8-10-16)21(32-24)23(28)29-5/h6-13H,1-5H3. The lowest BCUT2D eigenvalue weighted by Gasteiger charge is -2.45. The second-order valence-corrected chi connectivity index (χ2v) is 10.9. The number of ether oxygens (including phenoxy) is 1. The number of fused-ring (bicyclic) bond motifs is 1. The summed E-state index contributed by atoms with van der Waals surface area (Å²) < 4.78 is 6.02. The van der Waals surface area contributed by atoms with Crippen LogP contribution in [0.15, 0.2) is 57.7 Å². The molecule has 0 N–H and O–H groups in total. The number of benzene rings is 2. The van der Waals surface area contributed by atoms with Crippen molar-refractivity contribution in [2.45, 2.75) is 33.2 Å². The van der Waals surface area contributed by atoms with Gasteiger partial charge in [-0.1, -0.05) is 77.7 Å². The lowest BCUT2D eigenvalue weighted by atomic mass is 9.83. The molecular formula is C25H23NO3S3. The highest BCUT2D eigenvalue weighted by molar-refractivity contribution is 8.32. The third-order valence-electron chi connectivity index (χ3n) is 5.53. The number of anilines is 1. The van der Waals surface area contributed by atoms with Crippen molar-refractivity contribution < 1.29 is 14.3 Å². The van der Waals surface area contributed by atoms with Crippen LogP contribution in [0.25, 0.3) is 10.5 Å². The van der Waals surface area contributed by atoms with Gasteiger partial charge in [0.05, 0.1) is 27.4 Å². The number of thioether (sulfide) groups is 2. The highest BCUT2D eigenvalue weighted by Gasteiger charge is 2.44. The molecule has 1 amide bonds. The van der Waals surface area contributed by atoms with E-state index >= 15 is 0 Å².